The molecule has 1 aliphatic rings. The third kappa shape index (κ3) is 2.94. The minimum absolute atomic E-state index is 0.0781. The molecule has 19 heavy (non-hydrogen) atoms. The molecular formula is C13H15BrN2O3. The summed E-state index contributed by atoms with van der Waals surface area (Å²) in [6.45, 7) is 0. The van der Waals surface area contributed by atoms with Gasteiger partial charge in [-0.05, 0) is 40.9 Å². The van der Waals surface area contributed by atoms with E-state index in [4.69, 9.17) is 0 Å². The maximum Gasteiger partial charge on any atom is 0.284 e. The Bertz CT molecular complexity index is 513. The first-order valence-corrected chi connectivity index (χ1v) is 7.01. The van der Waals surface area contributed by atoms with Gasteiger partial charge in [0.25, 0.3) is 11.6 Å². The van der Waals surface area contributed by atoms with E-state index < -0.39 is 4.92 Å². The van der Waals surface area contributed by atoms with Gasteiger partial charge in [-0.25, -0.2) is 0 Å². The Hall–Kier alpha value is -1.43. The van der Waals surface area contributed by atoms with Crippen LogP contribution in [0, 0.1) is 10.1 Å². The van der Waals surface area contributed by atoms with E-state index in [0.29, 0.717) is 10.0 Å². The van der Waals surface area contributed by atoms with Gasteiger partial charge in [0.05, 0.1) is 9.40 Å². The van der Waals surface area contributed by atoms with Crippen LogP contribution < -0.4 is 0 Å². The van der Waals surface area contributed by atoms with E-state index in [1.54, 1.807) is 24.1 Å². The topological polar surface area (TPSA) is 63.5 Å². The molecule has 0 unspecified atom stereocenters. The summed E-state index contributed by atoms with van der Waals surface area (Å²) in [5, 5.41) is 10.9. The molecule has 1 fully saturated rings. The van der Waals surface area contributed by atoms with E-state index >= 15 is 0 Å². The number of nitro benzene ring substituents is 1. The predicted octanol–water partition coefficient (Wildman–Crippen LogP) is 3.37. The lowest BCUT2D eigenvalue weighted by atomic mass is 10.1. The summed E-state index contributed by atoms with van der Waals surface area (Å²) < 4.78 is 0.387. The maximum atomic E-state index is 12.3. The van der Waals surface area contributed by atoms with Crippen molar-refractivity contribution in [1.82, 2.24) is 4.90 Å². The van der Waals surface area contributed by atoms with Gasteiger partial charge < -0.3 is 4.90 Å². The van der Waals surface area contributed by atoms with E-state index in [1.165, 1.54) is 6.07 Å². The fourth-order valence-corrected chi connectivity index (χ4v) is 2.84. The zero-order valence-corrected chi connectivity index (χ0v) is 12.2. The average molecular weight is 327 g/mol. The van der Waals surface area contributed by atoms with Crippen LogP contribution in [-0.4, -0.2) is 28.8 Å². The van der Waals surface area contributed by atoms with Crippen molar-refractivity contribution in [3.63, 3.8) is 0 Å². The lowest BCUT2D eigenvalue weighted by Crippen LogP contribution is -2.35. The largest absolute Gasteiger partial charge is 0.339 e. The molecule has 0 heterocycles. The van der Waals surface area contributed by atoms with E-state index in [-0.39, 0.29) is 17.6 Å². The fraction of sp³-hybridized carbons (Fsp3) is 0.462. The highest BCUT2D eigenvalue weighted by molar-refractivity contribution is 9.10. The molecule has 0 radical (unpaired) electrons. The third-order valence-electron chi connectivity index (χ3n) is 3.58. The van der Waals surface area contributed by atoms with Gasteiger partial charge in [0.2, 0.25) is 0 Å². The molecular weight excluding hydrogens is 312 g/mol. The first-order valence-electron chi connectivity index (χ1n) is 6.22. The van der Waals surface area contributed by atoms with Gasteiger partial charge in [-0.2, -0.15) is 0 Å². The number of nitro groups is 1. The van der Waals surface area contributed by atoms with Gasteiger partial charge in [-0.15, -0.1) is 0 Å². The maximum absolute atomic E-state index is 12.3. The average Bonchev–Trinajstić information content (AvgIpc) is 2.91. The van der Waals surface area contributed by atoms with Crippen LogP contribution in [0.4, 0.5) is 5.69 Å². The molecule has 2 rings (SSSR count). The van der Waals surface area contributed by atoms with Gasteiger partial charge in [0.1, 0.15) is 0 Å². The minimum Gasteiger partial charge on any atom is -0.339 e. The number of carbonyl (C=O) groups excluding carboxylic acids is 1. The first kappa shape index (κ1) is 14.0. The second-order valence-corrected chi connectivity index (χ2v) is 5.63. The second kappa shape index (κ2) is 5.69. The van der Waals surface area contributed by atoms with Crippen molar-refractivity contribution in [2.24, 2.45) is 0 Å². The van der Waals surface area contributed by atoms with Gasteiger partial charge in [0, 0.05) is 24.7 Å². The molecule has 0 N–H and O–H groups in total. The van der Waals surface area contributed by atoms with Crippen LogP contribution in [0.3, 0.4) is 0 Å². The van der Waals surface area contributed by atoms with Gasteiger partial charge in [-0.1, -0.05) is 12.8 Å². The van der Waals surface area contributed by atoms with Crippen molar-refractivity contribution in [3.05, 3.63) is 38.3 Å². The number of rotatable bonds is 3. The number of amides is 1. The normalized spacial score (nSPS) is 15.5. The Morgan fingerprint density at radius 2 is 2.05 bits per heavy atom. The summed E-state index contributed by atoms with van der Waals surface area (Å²) in [5.74, 6) is -0.150. The molecule has 0 saturated heterocycles. The summed E-state index contributed by atoms with van der Waals surface area (Å²) in [4.78, 5) is 24.4. The van der Waals surface area contributed by atoms with E-state index in [9.17, 15) is 14.9 Å². The van der Waals surface area contributed by atoms with Gasteiger partial charge >= 0.3 is 0 Å². The molecule has 0 bridgehead atoms. The number of halogens is 1. The van der Waals surface area contributed by atoms with Gasteiger partial charge in [-0.3, -0.25) is 14.9 Å². The molecule has 1 aromatic rings. The van der Waals surface area contributed by atoms with E-state index in [2.05, 4.69) is 15.9 Å². The Labute approximate surface area is 119 Å². The minimum atomic E-state index is -0.490. The van der Waals surface area contributed by atoms with Crippen molar-refractivity contribution in [2.45, 2.75) is 31.7 Å². The van der Waals surface area contributed by atoms with Crippen LogP contribution in [0.2, 0.25) is 0 Å². The third-order valence-corrected chi connectivity index (χ3v) is 4.25. The first-order chi connectivity index (χ1) is 9.00. The van der Waals surface area contributed by atoms with Crippen molar-refractivity contribution in [1.29, 1.82) is 0 Å². The van der Waals surface area contributed by atoms with Crippen molar-refractivity contribution < 1.29 is 9.72 Å². The monoisotopic (exact) mass is 326 g/mol. The second-order valence-electron chi connectivity index (χ2n) is 4.78. The molecule has 1 aliphatic carbocycles. The van der Waals surface area contributed by atoms with Crippen LogP contribution in [0.5, 0.6) is 0 Å². The standard InChI is InChI=1S/C13H15BrN2O3/c1-15(10-4-2-3-5-10)13(17)9-6-7-11(14)12(8-9)16(18)19/h6-8,10H,2-5H2,1H3. The Kier molecular flexibility index (Phi) is 4.19. The zero-order chi connectivity index (χ0) is 14.0. The summed E-state index contributed by atoms with van der Waals surface area (Å²) >= 11 is 3.12. The number of benzene rings is 1. The fourth-order valence-electron chi connectivity index (χ4n) is 2.45. The lowest BCUT2D eigenvalue weighted by molar-refractivity contribution is -0.385. The molecule has 1 saturated carbocycles. The molecule has 0 spiro atoms. The van der Waals surface area contributed by atoms with Gasteiger partial charge in [0.15, 0.2) is 0 Å². The van der Waals surface area contributed by atoms with Crippen LogP contribution in [0.15, 0.2) is 22.7 Å². The van der Waals surface area contributed by atoms with Crippen LogP contribution in [0.25, 0.3) is 0 Å². The van der Waals surface area contributed by atoms with Crippen LogP contribution >= 0.6 is 15.9 Å². The lowest BCUT2D eigenvalue weighted by Gasteiger charge is -2.24. The Morgan fingerprint density at radius 3 is 2.63 bits per heavy atom. The highest BCUT2D eigenvalue weighted by Gasteiger charge is 2.25. The molecule has 0 aliphatic heterocycles. The molecule has 0 aromatic heterocycles. The SMILES string of the molecule is CN(C(=O)c1ccc(Br)c([N+](=O)[O-])c1)C1CCCC1. The smallest absolute Gasteiger partial charge is 0.284 e. The Balaban J connectivity index is 2.23. The quantitative estimate of drug-likeness (QED) is 0.631. The molecule has 1 amide bonds. The highest BCUT2D eigenvalue weighted by atomic mass is 79.9. The zero-order valence-electron chi connectivity index (χ0n) is 10.6. The van der Waals surface area contributed by atoms with Crippen molar-refractivity contribution in [3.8, 4) is 0 Å². The Morgan fingerprint density at radius 1 is 1.42 bits per heavy atom. The van der Waals surface area contributed by atoms with Crippen molar-refractivity contribution >= 4 is 27.5 Å². The number of hydrogen-bond acceptors (Lipinski definition) is 3. The number of hydrogen-bond donors (Lipinski definition) is 0. The van der Waals surface area contributed by atoms with Crippen LogP contribution in [0.1, 0.15) is 36.0 Å². The number of carbonyl (C=O) groups is 1. The van der Waals surface area contributed by atoms with Crippen molar-refractivity contribution in [2.75, 3.05) is 7.05 Å². The molecule has 102 valence electrons. The molecule has 5 nitrogen and oxygen atoms in total. The molecule has 6 heteroatoms. The molecule has 0 atom stereocenters. The van der Waals surface area contributed by atoms with E-state index in [0.717, 1.165) is 25.7 Å². The van der Waals surface area contributed by atoms with E-state index in [1.807, 2.05) is 0 Å². The summed E-state index contributed by atoms with van der Waals surface area (Å²) in [6, 6.07) is 4.76. The summed E-state index contributed by atoms with van der Waals surface area (Å²) in [6.07, 6.45) is 4.31. The van der Waals surface area contributed by atoms with Crippen LogP contribution in [-0.2, 0) is 0 Å². The number of nitrogens with zero attached hydrogens (tertiary/aromatic N) is 2. The summed E-state index contributed by atoms with van der Waals surface area (Å²) in [7, 11) is 1.77. The predicted molar refractivity (Wildman–Crippen MR) is 75.1 cm³/mol. The molecule has 1 aromatic carbocycles. The highest BCUT2D eigenvalue weighted by Crippen LogP contribution is 2.28. The summed E-state index contributed by atoms with van der Waals surface area (Å²) in [5.41, 5.74) is 0.287.